The van der Waals surface area contributed by atoms with Gasteiger partial charge in [0.05, 0.1) is 4.90 Å². The third kappa shape index (κ3) is 4.74. The largest absolute Gasteiger partial charge is 0.305 e. The van der Waals surface area contributed by atoms with E-state index in [1.807, 2.05) is 49.7 Å². The smallest absolute Gasteiger partial charge is 0.243 e. The van der Waals surface area contributed by atoms with Crippen molar-refractivity contribution in [3.05, 3.63) is 58.6 Å². The summed E-state index contributed by atoms with van der Waals surface area (Å²) < 4.78 is 30.1. The van der Waals surface area contributed by atoms with Gasteiger partial charge in [-0.2, -0.15) is 4.31 Å². The number of benzene rings is 2. The normalized spacial score (nSPS) is 11.9. The molecular weight excluding hydrogens is 472 g/mol. The third-order valence-corrected chi connectivity index (χ3v) is 8.47. The molecule has 2 aromatic carbocycles. The predicted octanol–water partition coefficient (Wildman–Crippen LogP) is 4.57. The number of aromatic nitrogens is 3. The fraction of sp³-hybridized carbons (Fsp3) is 0.300. The highest BCUT2D eigenvalue weighted by atomic mass is 79.9. The lowest BCUT2D eigenvalue weighted by Crippen LogP contribution is -2.30. The van der Waals surface area contributed by atoms with Crippen LogP contribution in [0.5, 0.6) is 0 Å². The summed E-state index contributed by atoms with van der Waals surface area (Å²) in [5.41, 5.74) is 1.90. The molecule has 29 heavy (non-hydrogen) atoms. The second-order valence-corrected chi connectivity index (χ2v) is 10.1. The van der Waals surface area contributed by atoms with E-state index in [4.69, 9.17) is 0 Å². The Bertz CT molecular complexity index is 1100. The van der Waals surface area contributed by atoms with Crippen LogP contribution in [0.25, 0.3) is 11.4 Å². The van der Waals surface area contributed by atoms with Gasteiger partial charge in [0.1, 0.15) is 0 Å². The van der Waals surface area contributed by atoms with Crippen LogP contribution >= 0.6 is 27.7 Å². The van der Waals surface area contributed by atoms with Crippen molar-refractivity contribution in [2.45, 2.75) is 29.7 Å². The summed E-state index contributed by atoms with van der Waals surface area (Å²) in [5, 5.41) is 9.37. The van der Waals surface area contributed by atoms with Crippen LogP contribution in [0.4, 0.5) is 0 Å². The molecule has 0 aliphatic heterocycles. The minimum Gasteiger partial charge on any atom is -0.305 e. The topological polar surface area (TPSA) is 68.1 Å². The molecule has 0 saturated heterocycles. The molecule has 0 atom stereocenters. The molecule has 154 valence electrons. The molecule has 0 radical (unpaired) electrons. The zero-order chi connectivity index (χ0) is 21.0. The Morgan fingerprint density at radius 3 is 2.48 bits per heavy atom. The first kappa shape index (κ1) is 22.0. The highest BCUT2D eigenvalue weighted by Crippen LogP contribution is 2.29. The third-order valence-electron chi connectivity index (χ3n) is 4.58. The molecule has 0 saturated carbocycles. The zero-order valence-electron chi connectivity index (χ0n) is 16.5. The maximum Gasteiger partial charge on any atom is 0.243 e. The predicted molar refractivity (Wildman–Crippen MR) is 120 cm³/mol. The highest BCUT2D eigenvalue weighted by Gasteiger charge is 2.22. The molecule has 6 nitrogen and oxygen atoms in total. The van der Waals surface area contributed by atoms with Crippen LogP contribution in [0.1, 0.15) is 19.4 Å². The van der Waals surface area contributed by atoms with E-state index in [1.165, 1.54) is 9.87 Å². The monoisotopic (exact) mass is 494 g/mol. The SMILES string of the molecule is CCN(CC)S(=O)(=O)c1cccc(-c2nnc(SCc3ccccc3Br)n2C)c1. The second kappa shape index (κ2) is 9.42. The first-order chi connectivity index (χ1) is 13.9. The van der Waals surface area contributed by atoms with Crippen molar-refractivity contribution in [3.8, 4) is 11.4 Å². The van der Waals surface area contributed by atoms with Crippen LogP contribution in [-0.2, 0) is 22.8 Å². The van der Waals surface area contributed by atoms with Crippen LogP contribution < -0.4 is 0 Å². The minimum absolute atomic E-state index is 0.268. The van der Waals surface area contributed by atoms with Crippen molar-refractivity contribution in [1.29, 1.82) is 0 Å². The first-order valence-electron chi connectivity index (χ1n) is 9.24. The van der Waals surface area contributed by atoms with E-state index in [-0.39, 0.29) is 4.90 Å². The second-order valence-electron chi connectivity index (χ2n) is 6.36. The summed E-state index contributed by atoms with van der Waals surface area (Å²) in [6.07, 6.45) is 0. The Kier molecular flexibility index (Phi) is 7.15. The maximum atomic E-state index is 12.8. The van der Waals surface area contributed by atoms with Gasteiger partial charge in [-0.1, -0.05) is 71.9 Å². The van der Waals surface area contributed by atoms with Crippen molar-refractivity contribution >= 4 is 37.7 Å². The number of thioether (sulfide) groups is 1. The van der Waals surface area contributed by atoms with Gasteiger partial charge >= 0.3 is 0 Å². The summed E-state index contributed by atoms with van der Waals surface area (Å²) in [4.78, 5) is 0.268. The van der Waals surface area contributed by atoms with Gasteiger partial charge in [-0.05, 0) is 23.8 Å². The average molecular weight is 495 g/mol. The number of rotatable bonds is 8. The van der Waals surface area contributed by atoms with E-state index >= 15 is 0 Å². The van der Waals surface area contributed by atoms with Crippen LogP contribution in [0.15, 0.2) is 63.1 Å². The van der Waals surface area contributed by atoms with Crippen LogP contribution in [0.2, 0.25) is 0 Å². The Labute approximate surface area is 184 Å². The van der Waals surface area contributed by atoms with E-state index in [0.29, 0.717) is 18.9 Å². The van der Waals surface area contributed by atoms with Gasteiger partial charge in [0.25, 0.3) is 0 Å². The van der Waals surface area contributed by atoms with Gasteiger partial charge in [-0.3, -0.25) is 0 Å². The summed E-state index contributed by atoms with van der Waals surface area (Å²) in [5.74, 6) is 1.39. The van der Waals surface area contributed by atoms with E-state index in [1.54, 1.807) is 30.0 Å². The van der Waals surface area contributed by atoms with Crippen molar-refractivity contribution in [2.75, 3.05) is 13.1 Å². The molecule has 0 bridgehead atoms. The van der Waals surface area contributed by atoms with Gasteiger partial charge in [0, 0.05) is 35.9 Å². The quantitative estimate of drug-likeness (QED) is 0.429. The summed E-state index contributed by atoms with van der Waals surface area (Å²) in [7, 11) is -1.63. The van der Waals surface area contributed by atoms with Gasteiger partial charge in [0.2, 0.25) is 10.0 Å². The molecule has 9 heteroatoms. The van der Waals surface area contributed by atoms with E-state index in [0.717, 1.165) is 20.9 Å². The summed E-state index contributed by atoms with van der Waals surface area (Å²) in [6.45, 7) is 4.54. The number of hydrogen-bond acceptors (Lipinski definition) is 5. The molecule has 0 spiro atoms. The number of sulfonamides is 1. The molecule has 0 fully saturated rings. The van der Waals surface area contributed by atoms with E-state index in [9.17, 15) is 8.42 Å². The van der Waals surface area contributed by atoms with Crippen molar-refractivity contribution in [1.82, 2.24) is 19.1 Å². The molecule has 3 rings (SSSR count). The molecule has 0 aliphatic rings. The van der Waals surface area contributed by atoms with E-state index < -0.39 is 10.0 Å². The molecular formula is C20H23BrN4O2S2. The lowest BCUT2D eigenvalue weighted by molar-refractivity contribution is 0.445. The average Bonchev–Trinajstić information content (AvgIpc) is 3.08. The molecule has 0 amide bonds. The van der Waals surface area contributed by atoms with Gasteiger partial charge in [0.15, 0.2) is 11.0 Å². The maximum absolute atomic E-state index is 12.8. The fourth-order valence-electron chi connectivity index (χ4n) is 2.96. The summed E-state index contributed by atoms with van der Waals surface area (Å²) in [6, 6.07) is 15.0. The molecule has 1 aromatic heterocycles. The minimum atomic E-state index is -3.52. The van der Waals surface area contributed by atoms with Gasteiger partial charge < -0.3 is 4.57 Å². The highest BCUT2D eigenvalue weighted by molar-refractivity contribution is 9.10. The Morgan fingerprint density at radius 2 is 1.79 bits per heavy atom. The van der Waals surface area contributed by atoms with Crippen molar-refractivity contribution in [3.63, 3.8) is 0 Å². The molecule has 3 aromatic rings. The molecule has 0 N–H and O–H groups in total. The lowest BCUT2D eigenvalue weighted by atomic mass is 10.2. The van der Waals surface area contributed by atoms with Crippen molar-refractivity contribution < 1.29 is 8.42 Å². The molecule has 0 unspecified atom stereocenters. The molecule has 1 heterocycles. The molecule has 0 aliphatic carbocycles. The number of halogens is 1. The summed E-state index contributed by atoms with van der Waals surface area (Å²) >= 11 is 5.15. The van der Waals surface area contributed by atoms with Gasteiger partial charge in [-0.15, -0.1) is 10.2 Å². The Morgan fingerprint density at radius 1 is 1.07 bits per heavy atom. The lowest BCUT2D eigenvalue weighted by Gasteiger charge is -2.18. The Balaban J connectivity index is 1.86. The standard InChI is InChI=1S/C20H23BrN4O2S2/c1-4-25(5-2)29(26,27)17-11-8-10-15(13-17)19-22-23-20(24(19)3)28-14-16-9-6-7-12-18(16)21/h6-13H,4-5,14H2,1-3H3. The van der Waals surface area contributed by atoms with Crippen LogP contribution in [-0.4, -0.2) is 40.6 Å². The van der Waals surface area contributed by atoms with Gasteiger partial charge in [-0.25, -0.2) is 8.42 Å². The van der Waals surface area contributed by atoms with Crippen molar-refractivity contribution in [2.24, 2.45) is 7.05 Å². The first-order valence-corrected chi connectivity index (χ1v) is 12.5. The fourth-order valence-corrected chi connectivity index (χ4v) is 5.99. The van der Waals surface area contributed by atoms with Crippen LogP contribution in [0.3, 0.4) is 0 Å². The number of nitrogens with zero attached hydrogens (tertiary/aromatic N) is 4. The van der Waals surface area contributed by atoms with E-state index in [2.05, 4.69) is 32.2 Å². The Hall–Kier alpha value is -1.68. The number of hydrogen-bond donors (Lipinski definition) is 0. The van der Waals surface area contributed by atoms with Crippen LogP contribution in [0, 0.1) is 0 Å². The zero-order valence-corrected chi connectivity index (χ0v) is 19.8.